The van der Waals surface area contributed by atoms with Gasteiger partial charge in [-0.2, -0.15) is 4.98 Å². The third kappa shape index (κ3) is 5.17. The van der Waals surface area contributed by atoms with Crippen molar-refractivity contribution in [1.82, 2.24) is 19.4 Å². The van der Waals surface area contributed by atoms with Gasteiger partial charge in [0, 0.05) is 26.3 Å². The van der Waals surface area contributed by atoms with Crippen molar-refractivity contribution in [3.05, 3.63) is 47.8 Å². The van der Waals surface area contributed by atoms with E-state index in [0.29, 0.717) is 5.76 Å². The maximum Gasteiger partial charge on any atom is 0.573 e. The predicted octanol–water partition coefficient (Wildman–Crippen LogP) is 2.47. The lowest BCUT2D eigenvalue weighted by molar-refractivity contribution is -0.274. The Kier molecular flexibility index (Phi) is 6.58. The van der Waals surface area contributed by atoms with Crippen molar-refractivity contribution in [2.24, 2.45) is 0 Å². The van der Waals surface area contributed by atoms with E-state index in [4.69, 9.17) is 9.15 Å². The first-order valence-corrected chi connectivity index (χ1v) is 10.5. The highest BCUT2D eigenvalue weighted by Gasteiger charge is 2.40. The number of ether oxygens (including phenoxy) is 2. The number of amides is 1. The zero-order valence-corrected chi connectivity index (χ0v) is 18.7. The van der Waals surface area contributed by atoms with E-state index < -0.39 is 24.4 Å². The van der Waals surface area contributed by atoms with Gasteiger partial charge in [0.1, 0.15) is 23.8 Å². The molecule has 4 rings (SSSR count). The standard InChI is InChI=1S/C21H22F3N5O6/c1-12-10-25-15(33-12)11-29-16-17(27(2)20(32)28(18(16)31)7-4-8-30)26-19(29)34-13-5-3-6-14(9-13)35-21(22,23)24/h3,5-6,9-10,20,30,32H,4,7-8,11H2,1-2H3. The van der Waals surface area contributed by atoms with Gasteiger partial charge in [-0.1, -0.05) is 6.07 Å². The van der Waals surface area contributed by atoms with Gasteiger partial charge in [-0.25, -0.2) is 4.98 Å². The Morgan fingerprint density at radius 2 is 2.00 bits per heavy atom. The van der Waals surface area contributed by atoms with Crippen LogP contribution in [0, 0.1) is 6.92 Å². The first-order valence-electron chi connectivity index (χ1n) is 10.5. The minimum Gasteiger partial charge on any atom is -0.444 e. The minimum absolute atomic E-state index is 0.0354. The molecule has 0 spiro atoms. The van der Waals surface area contributed by atoms with Gasteiger partial charge in [-0.05, 0) is 25.5 Å². The number of halogens is 3. The van der Waals surface area contributed by atoms with Gasteiger partial charge in [0.15, 0.2) is 11.5 Å². The van der Waals surface area contributed by atoms with Gasteiger partial charge in [0.25, 0.3) is 5.91 Å². The summed E-state index contributed by atoms with van der Waals surface area (Å²) >= 11 is 0. The molecule has 0 bridgehead atoms. The normalized spacial score (nSPS) is 16.0. The Labute approximate surface area is 196 Å². The highest BCUT2D eigenvalue weighted by Crippen LogP contribution is 2.36. The molecule has 35 heavy (non-hydrogen) atoms. The molecule has 0 radical (unpaired) electrons. The number of nitrogens with zero attached hydrogens (tertiary/aromatic N) is 5. The number of imidazole rings is 1. The zero-order chi connectivity index (χ0) is 25.3. The molecule has 1 amide bonds. The number of aryl methyl sites for hydroxylation is 1. The molecule has 188 valence electrons. The second-order valence-electron chi connectivity index (χ2n) is 7.68. The lowest BCUT2D eigenvalue weighted by Crippen LogP contribution is -2.54. The van der Waals surface area contributed by atoms with Crippen molar-refractivity contribution in [3.63, 3.8) is 0 Å². The van der Waals surface area contributed by atoms with Gasteiger partial charge in [0.2, 0.25) is 12.2 Å². The summed E-state index contributed by atoms with van der Waals surface area (Å²) in [7, 11) is 1.51. The minimum atomic E-state index is -4.89. The second-order valence-corrected chi connectivity index (χ2v) is 7.68. The number of aliphatic hydroxyl groups is 2. The quantitative estimate of drug-likeness (QED) is 0.483. The van der Waals surface area contributed by atoms with Crippen molar-refractivity contribution in [1.29, 1.82) is 0 Å². The lowest BCUT2D eigenvalue weighted by atomic mass is 10.2. The molecular formula is C21H22F3N5O6. The number of aromatic nitrogens is 3. The molecule has 1 aromatic carbocycles. The Hall–Kier alpha value is -3.78. The van der Waals surface area contributed by atoms with Crippen LogP contribution in [0.4, 0.5) is 19.0 Å². The van der Waals surface area contributed by atoms with E-state index in [1.165, 1.54) is 34.8 Å². The second kappa shape index (κ2) is 9.46. The highest BCUT2D eigenvalue weighted by atomic mass is 19.4. The first-order chi connectivity index (χ1) is 16.6. The molecule has 0 saturated heterocycles. The Morgan fingerprint density at radius 1 is 1.26 bits per heavy atom. The number of hydrogen-bond acceptors (Lipinski definition) is 9. The van der Waals surface area contributed by atoms with Gasteiger partial charge < -0.3 is 29.0 Å². The van der Waals surface area contributed by atoms with E-state index in [2.05, 4.69) is 14.7 Å². The maximum atomic E-state index is 13.3. The van der Waals surface area contributed by atoms with E-state index in [1.54, 1.807) is 6.92 Å². The topological polar surface area (TPSA) is 126 Å². The van der Waals surface area contributed by atoms with Crippen LogP contribution in [0.2, 0.25) is 0 Å². The average Bonchev–Trinajstić information content (AvgIpc) is 3.35. The molecule has 11 nitrogen and oxygen atoms in total. The summed E-state index contributed by atoms with van der Waals surface area (Å²) < 4.78 is 54.5. The van der Waals surface area contributed by atoms with Crippen molar-refractivity contribution in [3.8, 4) is 17.5 Å². The molecule has 0 aliphatic carbocycles. The number of carbonyl (C=O) groups excluding carboxylic acids is 1. The molecule has 1 aliphatic rings. The number of anilines is 1. The van der Waals surface area contributed by atoms with E-state index in [0.717, 1.165) is 17.0 Å². The maximum absolute atomic E-state index is 13.3. The summed E-state index contributed by atoms with van der Waals surface area (Å²) in [5, 5.41) is 19.8. The molecule has 1 unspecified atom stereocenters. The van der Waals surface area contributed by atoms with Crippen LogP contribution >= 0.6 is 0 Å². The summed E-state index contributed by atoms with van der Waals surface area (Å²) in [6, 6.07) is 4.68. The molecule has 2 N–H and O–H groups in total. The van der Waals surface area contributed by atoms with Crippen molar-refractivity contribution >= 4 is 11.7 Å². The van der Waals surface area contributed by atoms with E-state index in [1.807, 2.05) is 0 Å². The van der Waals surface area contributed by atoms with E-state index in [-0.39, 0.29) is 55.3 Å². The molecule has 3 heterocycles. The average molecular weight is 497 g/mol. The van der Waals surface area contributed by atoms with Crippen molar-refractivity contribution < 1.29 is 42.1 Å². The van der Waals surface area contributed by atoms with Gasteiger partial charge >= 0.3 is 12.4 Å². The Balaban J connectivity index is 1.75. The van der Waals surface area contributed by atoms with Crippen LogP contribution in [-0.4, -0.2) is 68.5 Å². The van der Waals surface area contributed by atoms with Gasteiger partial charge in [0.05, 0.1) is 6.20 Å². The fourth-order valence-corrected chi connectivity index (χ4v) is 3.57. The summed E-state index contributed by atoms with van der Waals surface area (Å²) in [5.41, 5.74) is 0.0456. The molecule has 3 aromatic rings. The predicted molar refractivity (Wildman–Crippen MR) is 113 cm³/mol. The van der Waals surface area contributed by atoms with Crippen LogP contribution in [0.1, 0.15) is 28.6 Å². The number of carbonyl (C=O) groups is 1. The lowest BCUT2D eigenvalue weighted by Gasteiger charge is -2.38. The number of fused-ring (bicyclic) bond motifs is 1. The molecule has 0 saturated carbocycles. The largest absolute Gasteiger partial charge is 0.573 e. The van der Waals surface area contributed by atoms with Crippen molar-refractivity contribution in [2.75, 3.05) is 25.1 Å². The number of aliphatic hydroxyl groups excluding tert-OH is 2. The number of hydrogen-bond donors (Lipinski definition) is 2. The molecule has 1 atom stereocenters. The number of benzene rings is 1. The molecule has 14 heteroatoms. The van der Waals surface area contributed by atoms with Crippen molar-refractivity contribution in [2.45, 2.75) is 32.6 Å². The SMILES string of the molecule is Cc1cnc(Cn2c(Oc3cccc(OC(F)(F)F)c3)nc3c2C(=O)N(CCCO)C(O)N3C)o1. The number of alkyl halides is 3. The Bertz CT molecular complexity index is 1210. The summed E-state index contributed by atoms with van der Waals surface area (Å²) in [6.07, 6.45) is -4.52. The van der Waals surface area contributed by atoms with Crippen LogP contribution in [0.15, 0.2) is 34.9 Å². The third-order valence-electron chi connectivity index (χ3n) is 5.10. The zero-order valence-electron chi connectivity index (χ0n) is 18.7. The van der Waals surface area contributed by atoms with E-state index in [9.17, 15) is 28.2 Å². The fourth-order valence-electron chi connectivity index (χ4n) is 3.57. The molecular weight excluding hydrogens is 475 g/mol. The number of oxazole rings is 1. The first kappa shape index (κ1) is 24.3. The van der Waals surface area contributed by atoms with Crippen LogP contribution < -0.4 is 14.4 Å². The number of rotatable bonds is 8. The summed E-state index contributed by atoms with van der Waals surface area (Å²) in [5.74, 6) is -0.281. The van der Waals surface area contributed by atoms with Crippen LogP contribution in [-0.2, 0) is 6.54 Å². The van der Waals surface area contributed by atoms with E-state index >= 15 is 0 Å². The Morgan fingerprint density at radius 3 is 2.66 bits per heavy atom. The van der Waals surface area contributed by atoms with Crippen LogP contribution in [0.25, 0.3) is 0 Å². The fraction of sp³-hybridized carbons (Fsp3) is 0.381. The smallest absolute Gasteiger partial charge is 0.444 e. The molecule has 1 aliphatic heterocycles. The highest BCUT2D eigenvalue weighted by molar-refractivity contribution is 5.99. The summed E-state index contributed by atoms with van der Waals surface area (Å²) in [4.78, 5) is 24.3. The monoisotopic (exact) mass is 497 g/mol. The van der Waals surface area contributed by atoms with Crippen LogP contribution in [0.3, 0.4) is 0 Å². The summed E-state index contributed by atoms with van der Waals surface area (Å²) in [6.45, 7) is 1.48. The van der Waals surface area contributed by atoms with Gasteiger partial charge in [-0.3, -0.25) is 14.3 Å². The third-order valence-corrected chi connectivity index (χ3v) is 5.10. The molecule has 2 aromatic heterocycles. The van der Waals surface area contributed by atoms with Gasteiger partial charge in [-0.15, -0.1) is 13.2 Å². The van der Waals surface area contributed by atoms with Crippen LogP contribution in [0.5, 0.6) is 17.5 Å². The molecule has 0 fully saturated rings.